The molecule has 0 bridgehead atoms. The number of esters is 1. The molecular weight excluding hydrogens is 466 g/mol. The molecule has 0 radical (unpaired) electrons. The van der Waals surface area contributed by atoms with Crippen LogP contribution in [0.2, 0.25) is 0 Å². The van der Waals surface area contributed by atoms with Crippen LogP contribution < -0.4 is 5.32 Å². The highest BCUT2D eigenvalue weighted by molar-refractivity contribution is 9.10. The summed E-state index contributed by atoms with van der Waals surface area (Å²) in [6.45, 7) is 1.41. The molecule has 2 aromatic heterocycles. The minimum atomic E-state index is -0.568. The molecule has 6 nitrogen and oxygen atoms in total. The van der Waals surface area contributed by atoms with Crippen molar-refractivity contribution in [2.24, 2.45) is 0 Å². The summed E-state index contributed by atoms with van der Waals surface area (Å²) in [4.78, 5) is 33.6. The maximum absolute atomic E-state index is 12.5. The average Bonchev–Trinajstić information content (AvgIpc) is 3.20. The van der Waals surface area contributed by atoms with Gasteiger partial charge in [-0.25, -0.2) is 9.78 Å². The predicted octanol–water partition coefficient (Wildman–Crippen LogP) is 5.22. The van der Waals surface area contributed by atoms with Crippen molar-refractivity contribution in [3.8, 4) is 11.3 Å². The van der Waals surface area contributed by atoms with Gasteiger partial charge < -0.3 is 4.74 Å². The number of nitrogens with zero attached hydrogens (tertiary/aromatic N) is 2. The van der Waals surface area contributed by atoms with Gasteiger partial charge in [0.05, 0.1) is 16.8 Å². The van der Waals surface area contributed by atoms with Gasteiger partial charge in [0, 0.05) is 26.5 Å². The topological polar surface area (TPSA) is 81.2 Å². The number of pyridine rings is 1. The number of ether oxygens (including phenoxy) is 1. The van der Waals surface area contributed by atoms with Gasteiger partial charge in [0.2, 0.25) is 0 Å². The van der Waals surface area contributed by atoms with E-state index in [0.717, 1.165) is 15.7 Å². The first-order valence-electron chi connectivity index (χ1n) is 9.04. The van der Waals surface area contributed by atoms with Crippen molar-refractivity contribution in [1.82, 2.24) is 9.97 Å². The van der Waals surface area contributed by atoms with Crippen molar-refractivity contribution >= 4 is 55.2 Å². The first kappa shape index (κ1) is 20.2. The molecule has 4 aromatic rings. The van der Waals surface area contributed by atoms with Gasteiger partial charge in [0.15, 0.2) is 11.7 Å². The number of carbonyl (C=O) groups excluding carboxylic acids is 2. The SMILES string of the molecule is Cc1cc(C(=O)OCC(=O)Nc2nc(-c3ccc(Br)cc3)cs2)c2ccccc2n1. The van der Waals surface area contributed by atoms with Crippen LogP contribution in [0.25, 0.3) is 22.2 Å². The van der Waals surface area contributed by atoms with E-state index >= 15 is 0 Å². The molecule has 0 saturated carbocycles. The summed E-state index contributed by atoms with van der Waals surface area (Å²) in [6.07, 6.45) is 0. The molecule has 2 heterocycles. The number of halogens is 1. The van der Waals surface area contributed by atoms with E-state index in [4.69, 9.17) is 4.74 Å². The minimum absolute atomic E-state index is 0.387. The van der Waals surface area contributed by atoms with E-state index in [0.29, 0.717) is 27.3 Å². The largest absolute Gasteiger partial charge is 0.452 e. The molecule has 4 rings (SSSR count). The summed E-state index contributed by atoms with van der Waals surface area (Å²) in [7, 11) is 0. The van der Waals surface area contributed by atoms with Crippen LogP contribution in [0.1, 0.15) is 16.1 Å². The predicted molar refractivity (Wildman–Crippen MR) is 121 cm³/mol. The highest BCUT2D eigenvalue weighted by atomic mass is 79.9. The third-order valence-corrected chi connectivity index (χ3v) is 5.58. The molecule has 2 aromatic carbocycles. The number of carbonyl (C=O) groups is 2. The van der Waals surface area contributed by atoms with Crippen molar-refractivity contribution in [2.45, 2.75) is 6.92 Å². The molecule has 0 spiro atoms. The van der Waals surface area contributed by atoms with E-state index in [1.165, 1.54) is 11.3 Å². The molecule has 0 atom stereocenters. The van der Waals surface area contributed by atoms with Gasteiger partial charge in [-0.15, -0.1) is 11.3 Å². The van der Waals surface area contributed by atoms with Gasteiger partial charge in [-0.05, 0) is 31.2 Å². The number of amides is 1. The Balaban J connectivity index is 1.40. The monoisotopic (exact) mass is 481 g/mol. The quantitative estimate of drug-likeness (QED) is 0.395. The smallest absolute Gasteiger partial charge is 0.339 e. The Kier molecular flexibility index (Phi) is 5.87. The normalized spacial score (nSPS) is 10.7. The number of anilines is 1. The van der Waals surface area contributed by atoms with Gasteiger partial charge in [-0.2, -0.15) is 0 Å². The van der Waals surface area contributed by atoms with Crippen molar-refractivity contribution < 1.29 is 14.3 Å². The molecule has 0 saturated heterocycles. The molecule has 1 amide bonds. The third-order valence-electron chi connectivity index (χ3n) is 4.29. The number of aromatic nitrogens is 2. The van der Waals surface area contributed by atoms with Crippen LogP contribution in [0.4, 0.5) is 5.13 Å². The summed E-state index contributed by atoms with van der Waals surface area (Å²) in [5.41, 5.74) is 3.50. The second kappa shape index (κ2) is 8.73. The summed E-state index contributed by atoms with van der Waals surface area (Å²) in [5.74, 6) is -1.02. The number of hydrogen-bond acceptors (Lipinski definition) is 6. The number of para-hydroxylation sites is 1. The lowest BCUT2D eigenvalue weighted by molar-refractivity contribution is -0.119. The molecule has 0 aliphatic rings. The first-order chi connectivity index (χ1) is 14.5. The fraction of sp³-hybridized carbons (Fsp3) is 0.0909. The van der Waals surface area contributed by atoms with E-state index in [9.17, 15) is 9.59 Å². The molecule has 8 heteroatoms. The van der Waals surface area contributed by atoms with E-state index in [1.807, 2.05) is 47.8 Å². The zero-order valence-corrected chi connectivity index (χ0v) is 18.3. The van der Waals surface area contributed by atoms with Crippen LogP contribution in [0.3, 0.4) is 0 Å². The van der Waals surface area contributed by atoms with Gasteiger partial charge in [-0.3, -0.25) is 15.1 Å². The number of benzene rings is 2. The lowest BCUT2D eigenvalue weighted by atomic mass is 10.1. The Labute approximate surface area is 185 Å². The zero-order chi connectivity index (χ0) is 21.1. The fourth-order valence-corrected chi connectivity index (χ4v) is 3.93. The molecular formula is C22H16BrN3O3S. The van der Waals surface area contributed by atoms with Crippen molar-refractivity contribution in [2.75, 3.05) is 11.9 Å². The zero-order valence-electron chi connectivity index (χ0n) is 15.9. The van der Waals surface area contributed by atoms with E-state index in [2.05, 4.69) is 31.2 Å². The molecule has 0 unspecified atom stereocenters. The summed E-state index contributed by atoms with van der Waals surface area (Å²) in [6, 6.07) is 16.7. The summed E-state index contributed by atoms with van der Waals surface area (Å²) >= 11 is 4.71. The molecule has 0 aliphatic heterocycles. The molecule has 1 N–H and O–H groups in total. The highest BCUT2D eigenvalue weighted by Crippen LogP contribution is 2.26. The van der Waals surface area contributed by atoms with Gasteiger partial charge >= 0.3 is 5.97 Å². The number of thiazole rings is 1. The number of rotatable bonds is 5. The standard InChI is InChI=1S/C22H16BrN3O3S/c1-13-10-17(16-4-2-3-5-18(16)24-13)21(28)29-11-20(27)26-22-25-19(12-30-22)14-6-8-15(23)9-7-14/h2-10,12H,11H2,1H3,(H,25,26,27). The second-order valence-electron chi connectivity index (χ2n) is 6.50. The molecule has 0 fully saturated rings. The highest BCUT2D eigenvalue weighted by Gasteiger charge is 2.16. The van der Waals surface area contributed by atoms with Crippen LogP contribution in [0.5, 0.6) is 0 Å². The lowest BCUT2D eigenvalue weighted by Crippen LogP contribution is -2.21. The maximum Gasteiger partial charge on any atom is 0.339 e. The Morgan fingerprint density at radius 2 is 1.87 bits per heavy atom. The van der Waals surface area contributed by atoms with Gasteiger partial charge in [-0.1, -0.05) is 46.3 Å². The van der Waals surface area contributed by atoms with E-state index in [1.54, 1.807) is 19.1 Å². The lowest BCUT2D eigenvalue weighted by Gasteiger charge is -2.08. The number of aryl methyl sites for hydroxylation is 1. The van der Waals surface area contributed by atoms with Crippen LogP contribution in [-0.2, 0) is 9.53 Å². The number of nitrogens with one attached hydrogen (secondary N) is 1. The second-order valence-corrected chi connectivity index (χ2v) is 8.27. The van der Waals surface area contributed by atoms with Crippen LogP contribution in [0, 0.1) is 6.92 Å². The Morgan fingerprint density at radius 3 is 2.67 bits per heavy atom. The van der Waals surface area contributed by atoms with Crippen molar-refractivity contribution in [3.63, 3.8) is 0 Å². The summed E-state index contributed by atoms with van der Waals surface area (Å²) < 4.78 is 6.20. The minimum Gasteiger partial charge on any atom is -0.452 e. The van der Waals surface area contributed by atoms with Crippen molar-refractivity contribution in [3.05, 3.63) is 75.7 Å². The molecule has 150 valence electrons. The van der Waals surface area contributed by atoms with Crippen LogP contribution >= 0.6 is 27.3 Å². The molecule has 30 heavy (non-hydrogen) atoms. The van der Waals surface area contributed by atoms with Gasteiger partial charge in [0.25, 0.3) is 5.91 Å². The van der Waals surface area contributed by atoms with Crippen molar-refractivity contribution in [1.29, 1.82) is 0 Å². The summed E-state index contributed by atoms with van der Waals surface area (Å²) in [5, 5.41) is 5.66. The van der Waals surface area contributed by atoms with Gasteiger partial charge in [0.1, 0.15) is 0 Å². The third kappa shape index (κ3) is 4.55. The number of fused-ring (bicyclic) bond motifs is 1. The Hall–Kier alpha value is -3.10. The maximum atomic E-state index is 12.5. The fourth-order valence-electron chi connectivity index (χ4n) is 2.93. The average molecular weight is 482 g/mol. The Bertz CT molecular complexity index is 1240. The van der Waals surface area contributed by atoms with E-state index < -0.39 is 18.5 Å². The van der Waals surface area contributed by atoms with Crippen LogP contribution in [-0.4, -0.2) is 28.5 Å². The molecule has 0 aliphatic carbocycles. The first-order valence-corrected chi connectivity index (χ1v) is 10.7. The van der Waals surface area contributed by atoms with E-state index in [-0.39, 0.29) is 0 Å². The Morgan fingerprint density at radius 1 is 1.10 bits per heavy atom. The van der Waals surface area contributed by atoms with Crippen LogP contribution in [0.15, 0.2) is 64.5 Å². The number of hydrogen-bond donors (Lipinski definition) is 1.